The van der Waals surface area contributed by atoms with Crippen LogP contribution in [-0.4, -0.2) is 0 Å². The maximum atomic E-state index is 4.41. The summed E-state index contributed by atoms with van der Waals surface area (Å²) in [4.78, 5) is 0. The number of aryl methyl sites for hydroxylation is 2. The Bertz CT molecular complexity index is 2110. The van der Waals surface area contributed by atoms with Crippen molar-refractivity contribution in [3.05, 3.63) is 129 Å². The lowest BCUT2D eigenvalue weighted by Gasteiger charge is -2.28. The summed E-state index contributed by atoms with van der Waals surface area (Å²) in [5.74, 6) is 0. The number of allylic oxidation sites excluding steroid dienone is 2. The largest absolute Gasteiger partial charge is 0.0911 e. The van der Waals surface area contributed by atoms with Crippen molar-refractivity contribution in [2.24, 2.45) is 0 Å². The van der Waals surface area contributed by atoms with Gasteiger partial charge in [0.05, 0.1) is 0 Å². The van der Waals surface area contributed by atoms with Crippen LogP contribution in [0.25, 0.3) is 56.8 Å². The summed E-state index contributed by atoms with van der Waals surface area (Å²) < 4.78 is 0. The van der Waals surface area contributed by atoms with Gasteiger partial charge < -0.3 is 0 Å². The van der Waals surface area contributed by atoms with Crippen LogP contribution in [0.15, 0.2) is 84.9 Å². The maximum absolute atomic E-state index is 4.41. The highest BCUT2D eigenvalue weighted by molar-refractivity contribution is 6.03. The average Bonchev–Trinajstić information content (AvgIpc) is 3.33. The number of rotatable bonds is 1. The van der Waals surface area contributed by atoms with Gasteiger partial charge in [-0.05, 0) is 120 Å². The predicted molar refractivity (Wildman–Crippen MR) is 176 cm³/mol. The number of hydrogen-bond donors (Lipinski definition) is 0. The summed E-state index contributed by atoms with van der Waals surface area (Å²) in [5.41, 5.74) is 17.2. The molecule has 5 aromatic carbocycles. The van der Waals surface area contributed by atoms with E-state index in [1.807, 2.05) is 0 Å². The summed E-state index contributed by atoms with van der Waals surface area (Å²) in [7, 11) is 0. The normalized spacial score (nSPS) is 17.2. The quantitative estimate of drug-likeness (QED) is 0.204. The van der Waals surface area contributed by atoms with Crippen molar-refractivity contribution in [3.8, 4) is 33.4 Å². The Morgan fingerprint density at radius 3 is 1.88 bits per heavy atom. The Kier molecular flexibility index (Phi) is 4.92. The third-order valence-corrected chi connectivity index (χ3v) is 10.4. The fourth-order valence-corrected chi connectivity index (χ4v) is 8.15. The summed E-state index contributed by atoms with van der Waals surface area (Å²) in [6.45, 7) is 16.1. The fourth-order valence-electron chi connectivity index (χ4n) is 8.15. The van der Waals surface area contributed by atoms with Crippen LogP contribution >= 0.6 is 0 Å². The van der Waals surface area contributed by atoms with Crippen molar-refractivity contribution in [2.45, 2.75) is 58.3 Å². The lowest BCUT2D eigenvalue weighted by Crippen LogP contribution is -2.27. The molecule has 8 rings (SSSR count). The Morgan fingerprint density at radius 2 is 1.22 bits per heavy atom. The molecule has 0 bridgehead atoms. The molecule has 0 N–H and O–H groups in total. The van der Waals surface area contributed by atoms with E-state index in [1.54, 1.807) is 0 Å². The number of fused-ring (bicyclic) bond motifs is 11. The molecular weight excluding hydrogens is 492 g/mol. The Balaban J connectivity index is 1.37. The van der Waals surface area contributed by atoms with E-state index in [2.05, 4.69) is 132 Å². The van der Waals surface area contributed by atoms with Crippen molar-refractivity contribution < 1.29 is 0 Å². The maximum Gasteiger partial charge on any atom is 0.0159 e. The zero-order valence-electron chi connectivity index (χ0n) is 24.8. The highest BCUT2D eigenvalue weighted by Crippen LogP contribution is 2.55. The van der Waals surface area contributed by atoms with Crippen molar-refractivity contribution in [3.63, 3.8) is 0 Å². The van der Waals surface area contributed by atoms with Crippen molar-refractivity contribution in [2.75, 3.05) is 0 Å². The van der Waals surface area contributed by atoms with Crippen molar-refractivity contribution in [1.29, 1.82) is 0 Å². The van der Waals surface area contributed by atoms with Crippen LogP contribution in [0, 0.1) is 0 Å². The number of benzene rings is 5. The van der Waals surface area contributed by atoms with Crippen LogP contribution in [0.2, 0.25) is 0 Å². The smallest absolute Gasteiger partial charge is 0.0159 e. The molecule has 0 radical (unpaired) electrons. The highest BCUT2D eigenvalue weighted by Gasteiger charge is 2.40. The van der Waals surface area contributed by atoms with Crippen LogP contribution < -0.4 is 10.4 Å². The topological polar surface area (TPSA) is 0 Å². The summed E-state index contributed by atoms with van der Waals surface area (Å²) in [5, 5.41) is 5.05. The lowest BCUT2D eigenvalue weighted by molar-refractivity contribution is 0.658. The molecule has 0 amide bonds. The van der Waals surface area contributed by atoms with Crippen LogP contribution in [-0.2, 0) is 23.7 Å². The fraction of sp³-hybridized carbons (Fsp3) is 0.220. The molecular formula is C41H36. The Labute approximate surface area is 243 Å². The summed E-state index contributed by atoms with van der Waals surface area (Å²) in [6, 6.07) is 28.2. The number of hydrogen-bond acceptors (Lipinski definition) is 0. The zero-order valence-corrected chi connectivity index (χ0v) is 24.8. The van der Waals surface area contributed by atoms with Gasteiger partial charge in [0, 0.05) is 10.8 Å². The molecule has 0 aromatic heterocycles. The van der Waals surface area contributed by atoms with Gasteiger partial charge in [-0.15, -0.1) is 0 Å². The predicted octanol–water partition coefficient (Wildman–Crippen LogP) is 8.98. The Morgan fingerprint density at radius 1 is 0.634 bits per heavy atom. The molecule has 0 heteroatoms. The average molecular weight is 529 g/mol. The van der Waals surface area contributed by atoms with Crippen LogP contribution in [0.4, 0.5) is 0 Å². The van der Waals surface area contributed by atoms with Crippen LogP contribution in [0.1, 0.15) is 68.0 Å². The third-order valence-electron chi connectivity index (χ3n) is 10.4. The minimum absolute atomic E-state index is 0.0321. The van der Waals surface area contributed by atoms with E-state index in [1.165, 1.54) is 82.8 Å². The molecule has 0 atom stereocenters. The first-order chi connectivity index (χ1) is 19.7. The molecule has 0 heterocycles. The van der Waals surface area contributed by atoms with Crippen LogP contribution in [0.3, 0.4) is 0 Å². The van der Waals surface area contributed by atoms with E-state index in [4.69, 9.17) is 0 Å². The van der Waals surface area contributed by atoms with Gasteiger partial charge in [-0.25, -0.2) is 0 Å². The van der Waals surface area contributed by atoms with E-state index >= 15 is 0 Å². The lowest BCUT2D eigenvalue weighted by atomic mass is 9.76. The van der Waals surface area contributed by atoms with E-state index in [0.29, 0.717) is 0 Å². The van der Waals surface area contributed by atoms with Gasteiger partial charge in [0.15, 0.2) is 0 Å². The molecule has 0 nitrogen and oxygen atoms in total. The molecule has 0 aliphatic heterocycles. The second kappa shape index (κ2) is 8.20. The zero-order chi connectivity index (χ0) is 28.3. The molecule has 200 valence electrons. The molecule has 0 fully saturated rings. The van der Waals surface area contributed by atoms with E-state index in [-0.39, 0.29) is 10.8 Å². The van der Waals surface area contributed by atoms with Gasteiger partial charge in [-0.1, -0.05) is 113 Å². The van der Waals surface area contributed by atoms with Crippen molar-refractivity contribution >= 4 is 23.4 Å². The third kappa shape index (κ3) is 3.17. The minimum Gasteiger partial charge on any atom is -0.0911 e. The first-order valence-corrected chi connectivity index (χ1v) is 15.1. The van der Waals surface area contributed by atoms with Gasteiger partial charge >= 0.3 is 0 Å². The van der Waals surface area contributed by atoms with Crippen LogP contribution in [0.5, 0.6) is 0 Å². The van der Waals surface area contributed by atoms with E-state index in [0.717, 1.165) is 18.1 Å². The van der Waals surface area contributed by atoms with Crippen molar-refractivity contribution in [1.82, 2.24) is 0 Å². The summed E-state index contributed by atoms with van der Waals surface area (Å²) >= 11 is 0. The van der Waals surface area contributed by atoms with Gasteiger partial charge in [-0.2, -0.15) is 0 Å². The monoisotopic (exact) mass is 528 g/mol. The first-order valence-electron chi connectivity index (χ1n) is 15.1. The molecule has 3 aliphatic rings. The second-order valence-corrected chi connectivity index (χ2v) is 13.3. The van der Waals surface area contributed by atoms with E-state index < -0.39 is 0 Å². The minimum atomic E-state index is -0.0608. The summed E-state index contributed by atoms with van der Waals surface area (Å²) in [6.07, 6.45) is 8.65. The Hall–Kier alpha value is -4.16. The molecule has 5 aromatic rings. The van der Waals surface area contributed by atoms with Gasteiger partial charge in [0.2, 0.25) is 0 Å². The molecule has 0 saturated carbocycles. The van der Waals surface area contributed by atoms with Gasteiger partial charge in [0.1, 0.15) is 0 Å². The van der Waals surface area contributed by atoms with Gasteiger partial charge in [-0.3, -0.25) is 0 Å². The highest BCUT2D eigenvalue weighted by atomic mass is 14.4. The molecule has 3 aliphatic carbocycles. The molecule has 0 saturated heterocycles. The molecule has 0 unspecified atom stereocenters. The molecule has 0 spiro atoms. The standard InChI is InChI=1S/C41H36/c1-7-8-12-28-24(2)14-18-34-38(28)32-20-26-15-16-27-21-33-37(23-31(27)30(26)22-36(32)40(34,3)4)41(5,6)35-19-17-25-11-9-10-13-29(25)39(33)35/h7-14,17-23H,2,15-16H2,1,3-6H3/b8-7-,28-12+. The SMILES string of the molecule is C=c1ccc2c(/c1=C/C=C\C)-c1cc3c(cc1C2(C)C)-c1cc2c(cc1CC3)-c1c(ccc3ccccc13)C2(C)C. The van der Waals surface area contributed by atoms with E-state index in [9.17, 15) is 0 Å². The van der Waals surface area contributed by atoms with Gasteiger partial charge in [0.25, 0.3) is 0 Å². The second-order valence-electron chi connectivity index (χ2n) is 13.3. The first kappa shape index (κ1) is 24.6. The molecule has 41 heavy (non-hydrogen) atoms.